The molecule has 0 aliphatic rings. The van der Waals surface area contributed by atoms with Crippen LogP contribution in [0.25, 0.3) is 0 Å². The fourth-order valence-electron chi connectivity index (χ4n) is 0.506. The molecule has 78 valence electrons. The van der Waals surface area contributed by atoms with Gasteiger partial charge in [-0.2, -0.15) is 13.2 Å². The number of carboxylic acid groups (broad SMARTS) is 1. The molecule has 1 atom stereocenters. The highest BCUT2D eigenvalue weighted by Gasteiger charge is 2.29. The van der Waals surface area contributed by atoms with Gasteiger partial charge in [-0.05, 0) is 6.92 Å². The van der Waals surface area contributed by atoms with Crippen molar-refractivity contribution >= 4 is 5.97 Å². The van der Waals surface area contributed by atoms with E-state index in [1.165, 1.54) is 6.92 Å². The van der Waals surface area contributed by atoms with Gasteiger partial charge in [-0.3, -0.25) is 0 Å². The van der Waals surface area contributed by atoms with Crippen molar-refractivity contribution in [3.05, 3.63) is 0 Å². The van der Waals surface area contributed by atoms with Crippen LogP contribution in [0.15, 0.2) is 0 Å². The standard InChI is InChI=1S/C6H9F3O4/c1-2-12-5(4(10)11)13-3-6(7,8)9/h5H,2-3H2,1H3,(H,10,11)/p-1. The highest BCUT2D eigenvalue weighted by atomic mass is 19.4. The number of rotatable bonds is 5. The van der Waals surface area contributed by atoms with Crippen LogP contribution in [0.1, 0.15) is 6.92 Å². The van der Waals surface area contributed by atoms with Crippen molar-refractivity contribution < 1.29 is 32.5 Å². The molecule has 0 bridgehead atoms. The molecular formula is C6H8F3O4-. The second-order valence-corrected chi connectivity index (χ2v) is 2.03. The number of carboxylic acids is 1. The van der Waals surface area contributed by atoms with Gasteiger partial charge in [0.05, 0.1) is 5.97 Å². The number of carbonyl (C=O) groups excluding carboxylic acids is 1. The third-order valence-electron chi connectivity index (χ3n) is 0.909. The molecular weight excluding hydrogens is 193 g/mol. The molecule has 0 rings (SSSR count). The number of aliphatic carboxylic acids is 1. The average Bonchev–Trinajstić information content (AvgIpc) is 1.95. The van der Waals surface area contributed by atoms with E-state index in [1.807, 2.05) is 0 Å². The Morgan fingerprint density at radius 3 is 2.31 bits per heavy atom. The summed E-state index contributed by atoms with van der Waals surface area (Å²) in [6, 6.07) is 0. The molecule has 13 heavy (non-hydrogen) atoms. The van der Waals surface area contributed by atoms with E-state index in [0.717, 1.165) is 0 Å². The third kappa shape index (κ3) is 6.35. The van der Waals surface area contributed by atoms with Gasteiger partial charge in [-0.1, -0.05) is 0 Å². The molecule has 4 nitrogen and oxygen atoms in total. The molecule has 0 aromatic rings. The lowest BCUT2D eigenvalue weighted by Gasteiger charge is -2.19. The summed E-state index contributed by atoms with van der Waals surface area (Å²) in [7, 11) is 0. The van der Waals surface area contributed by atoms with E-state index in [1.54, 1.807) is 0 Å². The zero-order valence-corrected chi connectivity index (χ0v) is 6.76. The molecule has 7 heteroatoms. The number of carbonyl (C=O) groups is 1. The van der Waals surface area contributed by atoms with E-state index < -0.39 is 25.0 Å². The van der Waals surface area contributed by atoms with Gasteiger partial charge in [0.1, 0.15) is 6.61 Å². The Morgan fingerprint density at radius 2 is 2.00 bits per heavy atom. The Balaban J connectivity index is 3.90. The van der Waals surface area contributed by atoms with Crippen LogP contribution in [-0.4, -0.2) is 31.6 Å². The van der Waals surface area contributed by atoms with E-state index in [4.69, 9.17) is 0 Å². The Bertz CT molecular complexity index is 168. The van der Waals surface area contributed by atoms with Gasteiger partial charge in [0.2, 0.25) is 0 Å². The summed E-state index contributed by atoms with van der Waals surface area (Å²) >= 11 is 0. The van der Waals surface area contributed by atoms with Gasteiger partial charge < -0.3 is 19.4 Å². The van der Waals surface area contributed by atoms with Gasteiger partial charge >= 0.3 is 6.18 Å². The summed E-state index contributed by atoms with van der Waals surface area (Å²) in [5, 5.41) is 10.1. The summed E-state index contributed by atoms with van der Waals surface area (Å²) in [5.74, 6) is -1.83. The van der Waals surface area contributed by atoms with Crippen molar-refractivity contribution in [3.8, 4) is 0 Å². The molecule has 0 aliphatic heterocycles. The predicted molar refractivity (Wildman–Crippen MR) is 32.4 cm³/mol. The van der Waals surface area contributed by atoms with E-state index >= 15 is 0 Å². The van der Waals surface area contributed by atoms with Crippen LogP contribution >= 0.6 is 0 Å². The summed E-state index contributed by atoms with van der Waals surface area (Å²) in [6.07, 6.45) is -6.54. The Hall–Kier alpha value is -0.820. The third-order valence-corrected chi connectivity index (χ3v) is 0.909. The SMILES string of the molecule is CCOC(OCC(F)(F)F)C(=O)[O-]. The van der Waals surface area contributed by atoms with Crippen LogP contribution < -0.4 is 5.11 Å². The number of hydrogen-bond acceptors (Lipinski definition) is 4. The molecule has 0 amide bonds. The van der Waals surface area contributed by atoms with Gasteiger partial charge in [-0.25, -0.2) is 0 Å². The largest absolute Gasteiger partial charge is 0.545 e. The van der Waals surface area contributed by atoms with Crippen LogP contribution in [0, 0.1) is 0 Å². The van der Waals surface area contributed by atoms with Gasteiger partial charge in [0.25, 0.3) is 0 Å². The fourth-order valence-corrected chi connectivity index (χ4v) is 0.506. The van der Waals surface area contributed by atoms with Crippen LogP contribution in [-0.2, 0) is 14.3 Å². The first-order valence-electron chi connectivity index (χ1n) is 3.37. The van der Waals surface area contributed by atoms with Crippen LogP contribution in [0.4, 0.5) is 13.2 Å². The molecule has 1 unspecified atom stereocenters. The summed E-state index contributed by atoms with van der Waals surface area (Å²) < 4.78 is 42.8. The monoisotopic (exact) mass is 201 g/mol. The number of ether oxygens (including phenoxy) is 2. The zero-order valence-electron chi connectivity index (χ0n) is 6.76. The summed E-state index contributed by atoms with van der Waals surface area (Å²) in [6.45, 7) is -0.324. The van der Waals surface area contributed by atoms with Crippen molar-refractivity contribution in [2.75, 3.05) is 13.2 Å². The number of hydrogen-bond donors (Lipinski definition) is 0. The maximum atomic E-state index is 11.5. The zero-order chi connectivity index (χ0) is 10.5. The van der Waals surface area contributed by atoms with Crippen LogP contribution in [0.3, 0.4) is 0 Å². The Kier molecular flexibility index (Phi) is 4.71. The van der Waals surface area contributed by atoms with Crippen LogP contribution in [0.5, 0.6) is 0 Å². The van der Waals surface area contributed by atoms with Crippen LogP contribution in [0.2, 0.25) is 0 Å². The lowest BCUT2D eigenvalue weighted by Crippen LogP contribution is -2.41. The average molecular weight is 201 g/mol. The molecule has 0 aliphatic carbocycles. The van der Waals surface area contributed by atoms with E-state index in [-0.39, 0.29) is 6.61 Å². The second-order valence-electron chi connectivity index (χ2n) is 2.03. The maximum Gasteiger partial charge on any atom is 0.411 e. The maximum absolute atomic E-state index is 11.5. The minimum Gasteiger partial charge on any atom is -0.545 e. The molecule has 0 heterocycles. The lowest BCUT2D eigenvalue weighted by atomic mass is 10.6. The van der Waals surface area contributed by atoms with E-state index in [0.29, 0.717) is 0 Å². The Morgan fingerprint density at radius 1 is 1.46 bits per heavy atom. The smallest absolute Gasteiger partial charge is 0.411 e. The fraction of sp³-hybridized carbons (Fsp3) is 0.833. The van der Waals surface area contributed by atoms with Crippen molar-refractivity contribution in [2.45, 2.75) is 19.4 Å². The number of alkyl halides is 3. The highest BCUT2D eigenvalue weighted by molar-refractivity contribution is 5.68. The minimum atomic E-state index is -4.58. The van der Waals surface area contributed by atoms with Gasteiger partial charge in [-0.15, -0.1) is 0 Å². The first-order valence-corrected chi connectivity index (χ1v) is 3.37. The molecule has 0 spiro atoms. The first kappa shape index (κ1) is 12.2. The van der Waals surface area contributed by atoms with E-state index in [2.05, 4.69) is 9.47 Å². The van der Waals surface area contributed by atoms with Gasteiger partial charge in [0.15, 0.2) is 6.29 Å². The molecule has 0 fully saturated rings. The van der Waals surface area contributed by atoms with Gasteiger partial charge in [0, 0.05) is 6.61 Å². The predicted octanol–water partition coefficient (Wildman–Crippen LogP) is -0.322. The normalized spacial score (nSPS) is 14.2. The Labute approximate surface area is 72.2 Å². The second kappa shape index (κ2) is 5.03. The topological polar surface area (TPSA) is 58.6 Å². The molecule has 0 aromatic carbocycles. The van der Waals surface area contributed by atoms with Crippen molar-refractivity contribution in [2.24, 2.45) is 0 Å². The first-order chi connectivity index (χ1) is 5.87. The van der Waals surface area contributed by atoms with Crippen molar-refractivity contribution in [1.29, 1.82) is 0 Å². The quantitative estimate of drug-likeness (QED) is 0.572. The highest BCUT2D eigenvalue weighted by Crippen LogP contribution is 2.15. The summed E-state index contributed by atoms with van der Waals surface area (Å²) in [4.78, 5) is 10.1. The van der Waals surface area contributed by atoms with Crippen molar-refractivity contribution in [3.63, 3.8) is 0 Å². The van der Waals surface area contributed by atoms with E-state index in [9.17, 15) is 23.1 Å². The number of halogens is 3. The molecule has 0 aromatic heterocycles. The molecule has 0 saturated heterocycles. The molecule has 0 radical (unpaired) electrons. The minimum absolute atomic E-state index is 0.0729. The van der Waals surface area contributed by atoms with Crippen molar-refractivity contribution in [1.82, 2.24) is 0 Å². The summed E-state index contributed by atoms with van der Waals surface area (Å²) in [5.41, 5.74) is 0. The molecule has 0 N–H and O–H groups in total. The lowest BCUT2D eigenvalue weighted by molar-refractivity contribution is -0.339. The molecule has 0 saturated carbocycles.